The van der Waals surface area contributed by atoms with Crippen LogP contribution in [0.25, 0.3) is 0 Å². The molecule has 0 heterocycles. The van der Waals surface area contributed by atoms with Gasteiger partial charge in [-0.05, 0) is 13.3 Å². The highest BCUT2D eigenvalue weighted by molar-refractivity contribution is 4.48. The van der Waals surface area contributed by atoms with Crippen molar-refractivity contribution in [2.45, 2.75) is 19.4 Å². The predicted octanol–water partition coefficient (Wildman–Crippen LogP) is -0.284. The number of nitrogens with two attached hydrogens (primary N) is 1. The molecule has 38 valence electrons. The number of hydrogen-bond acceptors (Lipinski definition) is 2. The van der Waals surface area contributed by atoms with Gasteiger partial charge in [0.2, 0.25) is 0 Å². The second-order valence-corrected chi connectivity index (χ2v) is 1.49. The maximum Gasteiger partial charge on any atom is 0.0445 e. The van der Waals surface area contributed by atoms with Crippen molar-refractivity contribution in [3.05, 3.63) is 0 Å². The monoisotopic (exact) mass is 89.1 g/mol. The zero-order chi connectivity index (χ0) is 4.99. The summed E-state index contributed by atoms with van der Waals surface area (Å²) >= 11 is 0. The van der Waals surface area contributed by atoms with Crippen LogP contribution in [0.3, 0.4) is 0 Å². The van der Waals surface area contributed by atoms with Gasteiger partial charge in [0.1, 0.15) is 0 Å². The van der Waals surface area contributed by atoms with Gasteiger partial charge in [-0.1, -0.05) is 0 Å². The second-order valence-electron chi connectivity index (χ2n) is 1.49. The van der Waals surface area contributed by atoms with Crippen LogP contribution >= 0.6 is 0 Å². The molecule has 0 amide bonds. The summed E-state index contributed by atoms with van der Waals surface area (Å²) in [6, 6.07) is 0.148. The van der Waals surface area contributed by atoms with E-state index in [4.69, 9.17) is 10.8 Å². The standard InChI is InChI=1S/C4H11NO/c1-4(5)2-3-6/h4,6H,2-3,5H2,1H3/t4-/m1/s1. The van der Waals surface area contributed by atoms with Crippen LogP contribution < -0.4 is 5.73 Å². The molecule has 0 spiro atoms. The Kier molecular flexibility index (Phi) is 3.08. The van der Waals surface area contributed by atoms with Gasteiger partial charge in [-0.3, -0.25) is 0 Å². The summed E-state index contributed by atoms with van der Waals surface area (Å²) < 4.78 is 0. The van der Waals surface area contributed by atoms with Crippen LogP contribution in [-0.4, -0.2) is 17.8 Å². The van der Waals surface area contributed by atoms with Crippen molar-refractivity contribution >= 4 is 0 Å². The smallest absolute Gasteiger partial charge is 0.0445 e. The van der Waals surface area contributed by atoms with E-state index in [1.807, 2.05) is 6.92 Å². The molecule has 0 aliphatic carbocycles. The summed E-state index contributed by atoms with van der Waals surface area (Å²) in [7, 11) is 0. The first kappa shape index (κ1) is 5.92. The Hall–Kier alpha value is -0.0800. The van der Waals surface area contributed by atoms with Crippen LogP contribution in [0.5, 0.6) is 0 Å². The fourth-order valence-electron chi connectivity index (χ4n) is 0.204. The molecule has 3 N–H and O–H groups in total. The van der Waals surface area contributed by atoms with Gasteiger partial charge in [0.15, 0.2) is 0 Å². The van der Waals surface area contributed by atoms with Gasteiger partial charge >= 0.3 is 0 Å². The zero-order valence-electron chi connectivity index (χ0n) is 4.02. The minimum absolute atomic E-state index is 0.148. The molecule has 1 atom stereocenters. The first-order valence-electron chi connectivity index (χ1n) is 2.14. The quantitative estimate of drug-likeness (QED) is 0.488. The van der Waals surface area contributed by atoms with Gasteiger partial charge in [0.05, 0.1) is 0 Å². The topological polar surface area (TPSA) is 46.2 Å². The van der Waals surface area contributed by atoms with Crippen molar-refractivity contribution in [2.75, 3.05) is 6.61 Å². The van der Waals surface area contributed by atoms with E-state index in [0.29, 0.717) is 6.42 Å². The molecule has 0 aliphatic rings. The molecule has 6 heavy (non-hydrogen) atoms. The fraction of sp³-hybridized carbons (Fsp3) is 1.00. The molecule has 0 saturated heterocycles. The number of aliphatic hydroxyl groups excluding tert-OH is 1. The molecule has 0 fully saturated rings. The number of hydrogen-bond donors (Lipinski definition) is 2. The maximum absolute atomic E-state index is 8.16. The number of aliphatic hydroxyl groups is 1. The highest BCUT2D eigenvalue weighted by Gasteiger charge is 1.86. The summed E-state index contributed by atoms with van der Waals surface area (Å²) in [6.45, 7) is 2.08. The van der Waals surface area contributed by atoms with Crippen molar-refractivity contribution in [1.29, 1.82) is 0 Å². The maximum atomic E-state index is 8.16. The Bertz CT molecular complexity index is 28.7. The van der Waals surface area contributed by atoms with Crippen LogP contribution in [0, 0.1) is 0 Å². The third-order valence-electron chi connectivity index (χ3n) is 0.584. The lowest BCUT2D eigenvalue weighted by molar-refractivity contribution is 0.279. The highest BCUT2D eigenvalue weighted by Crippen LogP contribution is 1.79. The lowest BCUT2D eigenvalue weighted by atomic mass is 10.3. The van der Waals surface area contributed by atoms with Gasteiger partial charge in [-0.2, -0.15) is 0 Å². The van der Waals surface area contributed by atoms with E-state index < -0.39 is 0 Å². The van der Waals surface area contributed by atoms with E-state index in [0.717, 1.165) is 0 Å². The summed E-state index contributed by atoms with van der Waals surface area (Å²) in [5, 5.41) is 8.16. The molecule has 0 unspecified atom stereocenters. The van der Waals surface area contributed by atoms with Crippen LogP contribution in [0.1, 0.15) is 13.3 Å². The van der Waals surface area contributed by atoms with Gasteiger partial charge in [0, 0.05) is 12.6 Å². The summed E-state index contributed by atoms with van der Waals surface area (Å²) in [5.74, 6) is 0. The molecular weight excluding hydrogens is 78.0 g/mol. The van der Waals surface area contributed by atoms with Crippen LogP contribution in [0.15, 0.2) is 0 Å². The predicted molar refractivity (Wildman–Crippen MR) is 25.4 cm³/mol. The van der Waals surface area contributed by atoms with Gasteiger partial charge in [0.25, 0.3) is 0 Å². The van der Waals surface area contributed by atoms with Crippen LogP contribution in [-0.2, 0) is 0 Å². The lowest BCUT2D eigenvalue weighted by Crippen LogP contribution is -2.15. The Morgan fingerprint density at radius 1 is 1.83 bits per heavy atom. The molecule has 0 rings (SSSR count). The van der Waals surface area contributed by atoms with Crippen molar-refractivity contribution in [2.24, 2.45) is 5.73 Å². The molecule has 0 aromatic carbocycles. The minimum Gasteiger partial charge on any atom is -0.396 e. The first-order valence-corrected chi connectivity index (χ1v) is 2.14. The minimum atomic E-state index is 0.148. The fourth-order valence-corrected chi connectivity index (χ4v) is 0.204. The zero-order valence-corrected chi connectivity index (χ0v) is 4.02. The Morgan fingerprint density at radius 2 is 2.33 bits per heavy atom. The van der Waals surface area contributed by atoms with Gasteiger partial charge in [-0.25, -0.2) is 0 Å². The third kappa shape index (κ3) is 3.92. The van der Waals surface area contributed by atoms with Gasteiger partial charge < -0.3 is 10.8 Å². The van der Waals surface area contributed by atoms with Crippen molar-refractivity contribution in [1.82, 2.24) is 0 Å². The van der Waals surface area contributed by atoms with E-state index in [9.17, 15) is 0 Å². The Labute approximate surface area is 38.0 Å². The van der Waals surface area contributed by atoms with Crippen molar-refractivity contribution < 1.29 is 5.11 Å². The van der Waals surface area contributed by atoms with Crippen LogP contribution in [0.2, 0.25) is 0 Å². The molecule has 0 radical (unpaired) electrons. The second kappa shape index (κ2) is 3.12. The molecular formula is C4H11NO. The average Bonchev–Trinajstić information content (AvgIpc) is 1.35. The Morgan fingerprint density at radius 3 is 2.33 bits per heavy atom. The first-order chi connectivity index (χ1) is 2.77. The van der Waals surface area contributed by atoms with E-state index in [1.54, 1.807) is 0 Å². The van der Waals surface area contributed by atoms with Crippen molar-refractivity contribution in [3.63, 3.8) is 0 Å². The van der Waals surface area contributed by atoms with Crippen molar-refractivity contribution in [3.8, 4) is 0 Å². The van der Waals surface area contributed by atoms with Crippen LogP contribution in [0.4, 0.5) is 0 Å². The lowest BCUT2D eigenvalue weighted by Gasteiger charge is -1.96. The summed E-state index contributed by atoms with van der Waals surface area (Å²) in [5.41, 5.74) is 5.24. The summed E-state index contributed by atoms with van der Waals surface area (Å²) in [6.07, 6.45) is 0.708. The van der Waals surface area contributed by atoms with E-state index in [2.05, 4.69) is 0 Å². The summed E-state index contributed by atoms with van der Waals surface area (Å²) in [4.78, 5) is 0. The normalized spacial score (nSPS) is 14.5. The molecule has 0 saturated carbocycles. The molecule has 0 bridgehead atoms. The van der Waals surface area contributed by atoms with E-state index in [1.165, 1.54) is 0 Å². The molecule has 2 heteroatoms. The van der Waals surface area contributed by atoms with E-state index >= 15 is 0 Å². The third-order valence-corrected chi connectivity index (χ3v) is 0.584. The SMILES string of the molecule is C[C@@H](N)CCO. The highest BCUT2D eigenvalue weighted by atomic mass is 16.3. The molecule has 2 nitrogen and oxygen atoms in total. The average molecular weight is 89.1 g/mol. The van der Waals surface area contributed by atoms with E-state index in [-0.39, 0.29) is 12.6 Å². The molecule has 0 aliphatic heterocycles. The largest absolute Gasteiger partial charge is 0.396 e. The molecule has 0 aromatic rings. The molecule has 0 aromatic heterocycles. The van der Waals surface area contributed by atoms with Gasteiger partial charge in [-0.15, -0.1) is 0 Å². The Balaban J connectivity index is 2.63. The number of rotatable bonds is 2.